The van der Waals surface area contributed by atoms with E-state index in [2.05, 4.69) is 46.9 Å². The predicted octanol–water partition coefficient (Wildman–Crippen LogP) is 4.37. The summed E-state index contributed by atoms with van der Waals surface area (Å²) in [5, 5.41) is 11.2. The third-order valence-electron chi connectivity index (χ3n) is 3.96. The highest BCUT2D eigenvalue weighted by molar-refractivity contribution is 7.80. The van der Waals surface area contributed by atoms with E-state index in [0.717, 1.165) is 22.7 Å². The highest BCUT2D eigenvalue weighted by Gasteiger charge is 2.07. The predicted molar refractivity (Wildman–Crippen MR) is 110 cm³/mol. The zero-order chi connectivity index (χ0) is 18.5. The molecule has 1 aromatic heterocycles. The maximum Gasteiger partial charge on any atom is 0.175 e. The Balaban J connectivity index is 1.62. The molecule has 0 unspecified atom stereocenters. The summed E-state index contributed by atoms with van der Waals surface area (Å²) >= 11 is 5.41. The number of thiocarbonyl (C=S) groups is 1. The lowest BCUT2D eigenvalue weighted by Crippen LogP contribution is -2.19. The third kappa shape index (κ3) is 4.61. The summed E-state index contributed by atoms with van der Waals surface area (Å²) in [4.78, 5) is 0. The van der Waals surface area contributed by atoms with Crippen molar-refractivity contribution in [1.29, 1.82) is 0 Å². The van der Waals surface area contributed by atoms with Gasteiger partial charge in [0.2, 0.25) is 0 Å². The summed E-state index contributed by atoms with van der Waals surface area (Å²) in [5.41, 5.74) is 5.25. The molecule has 6 heteroatoms. The molecule has 0 aliphatic carbocycles. The first-order valence-electron chi connectivity index (χ1n) is 8.34. The molecule has 0 amide bonds. The molecule has 0 fully saturated rings. The van der Waals surface area contributed by atoms with Crippen molar-refractivity contribution in [3.8, 4) is 5.75 Å². The Kier molecular flexibility index (Phi) is 5.53. The van der Waals surface area contributed by atoms with Crippen LogP contribution in [0.4, 0.5) is 11.4 Å². The number of hydrogen-bond donors (Lipinski definition) is 2. The Bertz CT molecular complexity index is 902. The maximum absolute atomic E-state index is 5.41. The average Bonchev–Trinajstić information content (AvgIpc) is 3.04. The van der Waals surface area contributed by atoms with Crippen LogP contribution in [0.2, 0.25) is 0 Å². The first-order valence-corrected chi connectivity index (χ1v) is 8.75. The van der Waals surface area contributed by atoms with Gasteiger partial charge in [-0.05, 0) is 49.3 Å². The van der Waals surface area contributed by atoms with Crippen LogP contribution in [0.1, 0.15) is 16.7 Å². The molecule has 0 saturated heterocycles. The van der Waals surface area contributed by atoms with Gasteiger partial charge >= 0.3 is 0 Å². The monoisotopic (exact) mass is 366 g/mol. The fraction of sp³-hybridized carbons (Fsp3) is 0.200. The number of nitrogens with zero attached hydrogens (tertiary/aromatic N) is 2. The van der Waals surface area contributed by atoms with Crippen molar-refractivity contribution in [2.75, 3.05) is 17.7 Å². The quantitative estimate of drug-likeness (QED) is 0.657. The van der Waals surface area contributed by atoms with Gasteiger partial charge in [-0.1, -0.05) is 35.9 Å². The van der Waals surface area contributed by atoms with Crippen LogP contribution in [0.15, 0.2) is 54.9 Å². The number of methoxy groups -OCH3 is 1. The van der Waals surface area contributed by atoms with E-state index >= 15 is 0 Å². The topological polar surface area (TPSA) is 51.1 Å². The van der Waals surface area contributed by atoms with E-state index in [4.69, 9.17) is 17.0 Å². The minimum Gasteiger partial charge on any atom is -0.495 e. The van der Waals surface area contributed by atoms with Gasteiger partial charge in [-0.2, -0.15) is 5.10 Å². The highest BCUT2D eigenvalue weighted by Crippen LogP contribution is 2.25. The zero-order valence-electron chi connectivity index (χ0n) is 15.1. The second-order valence-corrected chi connectivity index (χ2v) is 6.60. The van der Waals surface area contributed by atoms with E-state index in [-0.39, 0.29) is 0 Å². The van der Waals surface area contributed by atoms with Crippen molar-refractivity contribution in [2.45, 2.75) is 20.4 Å². The molecular weight excluding hydrogens is 344 g/mol. The van der Waals surface area contributed by atoms with Crippen LogP contribution in [-0.4, -0.2) is 22.0 Å². The van der Waals surface area contributed by atoms with Crippen LogP contribution in [0, 0.1) is 13.8 Å². The van der Waals surface area contributed by atoms with Gasteiger partial charge in [-0.3, -0.25) is 4.68 Å². The standard InChI is InChI=1S/C20H22N4OS/c1-14-4-7-16(8-5-14)12-24-13-17(11-21-24)22-20(26)23-18-10-15(2)6-9-19(18)25-3/h4-11,13H,12H2,1-3H3,(H2,22,23,26). The van der Waals surface area contributed by atoms with Gasteiger partial charge in [0, 0.05) is 6.20 Å². The largest absolute Gasteiger partial charge is 0.495 e. The molecule has 2 N–H and O–H groups in total. The molecule has 0 radical (unpaired) electrons. The summed E-state index contributed by atoms with van der Waals surface area (Å²) in [6.45, 7) is 4.82. The van der Waals surface area contributed by atoms with Crippen molar-refractivity contribution in [1.82, 2.24) is 9.78 Å². The summed E-state index contributed by atoms with van der Waals surface area (Å²) in [7, 11) is 1.64. The maximum atomic E-state index is 5.41. The smallest absolute Gasteiger partial charge is 0.175 e. The summed E-state index contributed by atoms with van der Waals surface area (Å²) in [6, 6.07) is 14.3. The van der Waals surface area contributed by atoms with Gasteiger partial charge in [0.05, 0.1) is 31.2 Å². The molecule has 134 valence electrons. The average molecular weight is 366 g/mol. The summed E-state index contributed by atoms with van der Waals surface area (Å²) in [5.74, 6) is 0.745. The number of hydrogen-bond acceptors (Lipinski definition) is 3. The van der Waals surface area contributed by atoms with Crippen LogP contribution >= 0.6 is 12.2 Å². The van der Waals surface area contributed by atoms with E-state index in [0.29, 0.717) is 11.7 Å². The van der Waals surface area contributed by atoms with Crippen molar-refractivity contribution in [3.63, 3.8) is 0 Å². The highest BCUT2D eigenvalue weighted by atomic mass is 32.1. The Labute approximate surface area is 159 Å². The Morgan fingerprint density at radius 1 is 1.08 bits per heavy atom. The number of aryl methyl sites for hydroxylation is 2. The van der Waals surface area contributed by atoms with E-state index in [9.17, 15) is 0 Å². The van der Waals surface area contributed by atoms with Gasteiger partial charge in [-0.25, -0.2) is 0 Å². The fourth-order valence-corrected chi connectivity index (χ4v) is 2.83. The Morgan fingerprint density at radius 2 is 1.81 bits per heavy atom. The van der Waals surface area contributed by atoms with E-state index in [1.165, 1.54) is 11.1 Å². The van der Waals surface area contributed by atoms with Crippen molar-refractivity contribution in [2.24, 2.45) is 0 Å². The van der Waals surface area contributed by atoms with Crippen LogP contribution in [0.25, 0.3) is 0 Å². The zero-order valence-corrected chi connectivity index (χ0v) is 15.9. The Morgan fingerprint density at radius 3 is 2.54 bits per heavy atom. The molecule has 26 heavy (non-hydrogen) atoms. The molecule has 1 heterocycles. The molecule has 0 atom stereocenters. The van der Waals surface area contributed by atoms with Crippen molar-refractivity contribution >= 4 is 28.7 Å². The molecule has 0 saturated carbocycles. The molecule has 2 aromatic carbocycles. The first kappa shape index (κ1) is 17.9. The number of ether oxygens (including phenoxy) is 1. The van der Waals surface area contributed by atoms with Crippen LogP contribution in [0.3, 0.4) is 0 Å². The van der Waals surface area contributed by atoms with Crippen LogP contribution in [0.5, 0.6) is 5.75 Å². The number of benzene rings is 2. The van der Waals surface area contributed by atoms with E-state index in [1.54, 1.807) is 13.3 Å². The van der Waals surface area contributed by atoms with Gasteiger partial charge in [0.25, 0.3) is 0 Å². The number of aromatic nitrogens is 2. The van der Waals surface area contributed by atoms with Gasteiger partial charge in [0.1, 0.15) is 5.75 Å². The fourth-order valence-electron chi connectivity index (χ4n) is 2.60. The molecule has 0 bridgehead atoms. The third-order valence-corrected chi connectivity index (χ3v) is 4.16. The summed E-state index contributed by atoms with van der Waals surface area (Å²) < 4.78 is 7.24. The Hall–Kier alpha value is -2.86. The number of rotatable bonds is 5. The molecule has 0 aliphatic heterocycles. The SMILES string of the molecule is COc1ccc(C)cc1NC(=S)Nc1cnn(Cc2ccc(C)cc2)c1. The van der Waals surface area contributed by atoms with Crippen molar-refractivity contribution in [3.05, 3.63) is 71.5 Å². The number of anilines is 2. The molecule has 5 nitrogen and oxygen atoms in total. The van der Waals surface area contributed by atoms with Gasteiger partial charge < -0.3 is 15.4 Å². The minimum absolute atomic E-state index is 0.490. The normalized spacial score (nSPS) is 10.4. The molecule has 0 aliphatic rings. The molecule has 0 spiro atoms. The lowest BCUT2D eigenvalue weighted by atomic mass is 10.1. The molecule has 3 rings (SSSR count). The van der Waals surface area contributed by atoms with Crippen LogP contribution < -0.4 is 15.4 Å². The van der Waals surface area contributed by atoms with Gasteiger partial charge in [-0.15, -0.1) is 0 Å². The minimum atomic E-state index is 0.490. The van der Waals surface area contributed by atoms with E-state index < -0.39 is 0 Å². The summed E-state index contributed by atoms with van der Waals surface area (Å²) in [6.07, 6.45) is 3.69. The lowest BCUT2D eigenvalue weighted by Gasteiger charge is -2.13. The molecule has 3 aromatic rings. The lowest BCUT2D eigenvalue weighted by molar-refractivity contribution is 0.417. The molecular formula is C20H22N4OS. The first-order chi connectivity index (χ1) is 12.5. The van der Waals surface area contributed by atoms with Crippen molar-refractivity contribution < 1.29 is 4.74 Å². The van der Waals surface area contributed by atoms with E-state index in [1.807, 2.05) is 36.0 Å². The van der Waals surface area contributed by atoms with Gasteiger partial charge in [0.15, 0.2) is 5.11 Å². The van der Waals surface area contributed by atoms with Crippen LogP contribution in [-0.2, 0) is 6.54 Å². The second kappa shape index (κ2) is 8.01. The second-order valence-electron chi connectivity index (χ2n) is 6.20. The number of nitrogens with one attached hydrogen (secondary N) is 2.